The zero-order valence-corrected chi connectivity index (χ0v) is 17.9. The summed E-state index contributed by atoms with van der Waals surface area (Å²) in [7, 11) is 0. The lowest BCUT2D eigenvalue weighted by molar-refractivity contribution is -0.148. The van der Waals surface area contributed by atoms with Crippen LogP contribution in [0.2, 0.25) is 0 Å². The lowest BCUT2D eigenvalue weighted by Gasteiger charge is -2.18. The van der Waals surface area contributed by atoms with E-state index in [1.54, 1.807) is 0 Å². The topological polar surface area (TPSA) is 18.5 Å². The van der Waals surface area contributed by atoms with Crippen molar-refractivity contribution < 1.29 is 9.47 Å². The van der Waals surface area contributed by atoms with Crippen LogP contribution in [-0.2, 0) is 9.47 Å². The maximum Gasteiger partial charge on any atom is 0.157 e. The molecule has 2 heteroatoms. The van der Waals surface area contributed by atoms with Crippen LogP contribution < -0.4 is 0 Å². The second kappa shape index (κ2) is 22.4. The van der Waals surface area contributed by atoms with Crippen molar-refractivity contribution in [1.29, 1.82) is 0 Å². The molecule has 0 spiro atoms. The fraction of sp³-hybridized carbons (Fsp3) is 0.833. The van der Waals surface area contributed by atoms with E-state index >= 15 is 0 Å². The average Bonchev–Trinajstić information content (AvgIpc) is 2.66. The molecule has 0 bridgehead atoms. The van der Waals surface area contributed by atoms with E-state index < -0.39 is 0 Å². The van der Waals surface area contributed by atoms with E-state index in [1.165, 1.54) is 77.0 Å². The fourth-order valence-corrected chi connectivity index (χ4v) is 3.00. The Morgan fingerprint density at radius 3 is 1.77 bits per heavy atom. The van der Waals surface area contributed by atoms with Crippen LogP contribution in [0.5, 0.6) is 0 Å². The third-order valence-electron chi connectivity index (χ3n) is 4.69. The maximum absolute atomic E-state index is 5.98. The van der Waals surface area contributed by atoms with E-state index in [1.807, 2.05) is 12.2 Å². The second-order valence-electron chi connectivity index (χ2n) is 7.30. The lowest BCUT2D eigenvalue weighted by Crippen LogP contribution is -2.19. The van der Waals surface area contributed by atoms with E-state index in [2.05, 4.69) is 26.5 Å². The third kappa shape index (κ3) is 19.7. The molecule has 0 saturated carbocycles. The fourth-order valence-electron chi connectivity index (χ4n) is 3.00. The predicted molar refractivity (Wildman–Crippen MR) is 116 cm³/mol. The molecule has 0 fully saturated rings. The van der Waals surface area contributed by atoms with Crippen molar-refractivity contribution in [3.8, 4) is 0 Å². The Kier molecular flexibility index (Phi) is 21.9. The summed E-state index contributed by atoms with van der Waals surface area (Å²) in [5.41, 5.74) is 0. The van der Waals surface area contributed by atoms with E-state index in [9.17, 15) is 0 Å². The van der Waals surface area contributed by atoms with Crippen LogP contribution in [-0.4, -0.2) is 19.5 Å². The van der Waals surface area contributed by atoms with Crippen molar-refractivity contribution in [3.05, 3.63) is 24.8 Å². The molecule has 26 heavy (non-hydrogen) atoms. The molecule has 0 amide bonds. The summed E-state index contributed by atoms with van der Waals surface area (Å²) < 4.78 is 12.0. The van der Waals surface area contributed by atoms with Gasteiger partial charge in [0.15, 0.2) is 6.29 Å². The summed E-state index contributed by atoms with van der Waals surface area (Å²) in [6.07, 6.45) is 25.0. The van der Waals surface area contributed by atoms with Crippen molar-refractivity contribution in [2.24, 2.45) is 0 Å². The van der Waals surface area contributed by atoms with Crippen LogP contribution >= 0.6 is 0 Å². The van der Waals surface area contributed by atoms with Gasteiger partial charge in [-0.05, 0) is 38.5 Å². The maximum atomic E-state index is 5.98. The Morgan fingerprint density at radius 1 is 0.692 bits per heavy atom. The highest BCUT2D eigenvalue weighted by atomic mass is 16.7. The summed E-state index contributed by atoms with van der Waals surface area (Å²) in [5, 5.41) is 0. The number of allylic oxidation sites excluding steroid dienone is 3. The van der Waals surface area contributed by atoms with Gasteiger partial charge < -0.3 is 9.47 Å². The molecule has 0 aliphatic rings. The van der Waals surface area contributed by atoms with Gasteiger partial charge >= 0.3 is 0 Å². The zero-order valence-electron chi connectivity index (χ0n) is 17.9. The van der Waals surface area contributed by atoms with Gasteiger partial charge in [0.1, 0.15) is 0 Å². The van der Waals surface area contributed by atoms with Crippen molar-refractivity contribution in [3.63, 3.8) is 0 Å². The molecular weight excluding hydrogens is 320 g/mol. The molecule has 0 aromatic carbocycles. The first-order valence-electron chi connectivity index (χ1n) is 11.4. The highest BCUT2D eigenvalue weighted by molar-refractivity contribution is 4.96. The van der Waals surface area contributed by atoms with Gasteiger partial charge in [-0.1, -0.05) is 96.4 Å². The van der Waals surface area contributed by atoms with Crippen LogP contribution in [0.15, 0.2) is 24.8 Å². The van der Waals surface area contributed by atoms with Crippen LogP contribution in [0.25, 0.3) is 0 Å². The Balaban J connectivity index is 3.62. The SMILES string of the molecule is C=C/C=C/CCCCCCCCCC(OCCCCC)OCCCCC. The van der Waals surface area contributed by atoms with Crippen LogP contribution in [0.3, 0.4) is 0 Å². The standard InChI is InChI=1S/C24H46O2/c1-4-7-10-11-12-13-14-15-16-17-18-21-24(25-22-19-8-5-2)26-23-20-9-6-3/h4,7,10,24H,1,5-6,8-9,11-23H2,2-3H3/b10-7+. The molecule has 0 aliphatic carbocycles. The highest BCUT2D eigenvalue weighted by Gasteiger charge is 2.09. The minimum absolute atomic E-state index is 0.0281. The van der Waals surface area contributed by atoms with Gasteiger partial charge in [-0.25, -0.2) is 0 Å². The first-order chi connectivity index (χ1) is 12.8. The van der Waals surface area contributed by atoms with Gasteiger partial charge in [0.2, 0.25) is 0 Å². The summed E-state index contributed by atoms with van der Waals surface area (Å²) in [6.45, 7) is 9.87. The molecule has 0 radical (unpaired) electrons. The van der Waals surface area contributed by atoms with Crippen LogP contribution in [0.4, 0.5) is 0 Å². The molecule has 0 aromatic rings. The van der Waals surface area contributed by atoms with E-state index in [0.717, 1.165) is 32.5 Å². The first-order valence-corrected chi connectivity index (χ1v) is 11.4. The lowest BCUT2D eigenvalue weighted by atomic mass is 10.1. The average molecular weight is 367 g/mol. The summed E-state index contributed by atoms with van der Waals surface area (Å²) in [4.78, 5) is 0. The van der Waals surface area contributed by atoms with E-state index in [0.29, 0.717) is 0 Å². The second-order valence-corrected chi connectivity index (χ2v) is 7.30. The third-order valence-corrected chi connectivity index (χ3v) is 4.69. The predicted octanol–water partition coefficient (Wildman–Crippen LogP) is 7.98. The molecular formula is C24H46O2. The summed E-state index contributed by atoms with van der Waals surface area (Å²) >= 11 is 0. The molecule has 0 rings (SSSR count). The van der Waals surface area contributed by atoms with Crippen molar-refractivity contribution in [2.45, 2.75) is 116 Å². The van der Waals surface area contributed by atoms with E-state index in [-0.39, 0.29) is 6.29 Å². The number of hydrogen-bond acceptors (Lipinski definition) is 2. The van der Waals surface area contributed by atoms with E-state index in [4.69, 9.17) is 9.47 Å². The van der Waals surface area contributed by atoms with Gasteiger partial charge in [-0.3, -0.25) is 0 Å². The minimum Gasteiger partial charge on any atom is -0.353 e. The number of rotatable bonds is 21. The van der Waals surface area contributed by atoms with Gasteiger partial charge in [0.05, 0.1) is 0 Å². The number of unbranched alkanes of at least 4 members (excludes halogenated alkanes) is 11. The number of hydrogen-bond donors (Lipinski definition) is 0. The van der Waals surface area contributed by atoms with Crippen molar-refractivity contribution in [2.75, 3.05) is 13.2 Å². The molecule has 0 saturated heterocycles. The molecule has 0 heterocycles. The minimum atomic E-state index is 0.0281. The Morgan fingerprint density at radius 2 is 1.23 bits per heavy atom. The molecule has 0 N–H and O–H groups in total. The van der Waals surface area contributed by atoms with Gasteiger partial charge in [0.25, 0.3) is 0 Å². The molecule has 0 aromatic heterocycles. The van der Waals surface area contributed by atoms with Crippen LogP contribution in [0, 0.1) is 0 Å². The Hall–Kier alpha value is -0.600. The summed E-state index contributed by atoms with van der Waals surface area (Å²) in [6, 6.07) is 0. The zero-order chi connectivity index (χ0) is 19.1. The van der Waals surface area contributed by atoms with Gasteiger partial charge in [-0.15, -0.1) is 0 Å². The van der Waals surface area contributed by atoms with Crippen molar-refractivity contribution in [1.82, 2.24) is 0 Å². The normalized spacial score (nSPS) is 11.7. The Bertz CT molecular complexity index is 287. The molecule has 2 nitrogen and oxygen atoms in total. The van der Waals surface area contributed by atoms with Crippen LogP contribution in [0.1, 0.15) is 110 Å². The Labute approximate surface area is 164 Å². The smallest absolute Gasteiger partial charge is 0.157 e. The monoisotopic (exact) mass is 366 g/mol. The molecule has 0 unspecified atom stereocenters. The molecule has 0 aliphatic heterocycles. The quantitative estimate of drug-likeness (QED) is 0.116. The van der Waals surface area contributed by atoms with Gasteiger partial charge in [-0.2, -0.15) is 0 Å². The van der Waals surface area contributed by atoms with Crippen molar-refractivity contribution >= 4 is 0 Å². The highest BCUT2D eigenvalue weighted by Crippen LogP contribution is 2.14. The molecule has 154 valence electrons. The van der Waals surface area contributed by atoms with Gasteiger partial charge in [0, 0.05) is 13.2 Å². The molecule has 0 atom stereocenters. The summed E-state index contributed by atoms with van der Waals surface area (Å²) in [5.74, 6) is 0. The number of ether oxygens (including phenoxy) is 2. The largest absolute Gasteiger partial charge is 0.353 e. The first kappa shape index (κ1) is 25.4.